The van der Waals surface area contributed by atoms with Gasteiger partial charge in [-0.25, -0.2) is 0 Å². The van der Waals surface area contributed by atoms with E-state index < -0.39 is 5.97 Å². The Morgan fingerprint density at radius 1 is 1.31 bits per heavy atom. The van der Waals surface area contributed by atoms with Crippen LogP contribution in [0.25, 0.3) is 0 Å². The number of nitrogens with zero attached hydrogens (tertiary/aromatic N) is 2. The molecule has 0 aliphatic carbocycles. The van der Waals surface area contributed by atoms with Gasteiger partial charge in [0.15, 0.2) is 0 Å². The Morgan fingerprint density at radius 2 is 2.00 bits per heavy atom. The molecule has 0 unspecified atom stereocenters. The summed E-state index contributed by atoms with van der Waals surface area (Å²) in [6.07, 6.45) is 2.09. The summed E-state index contributed by atoms with van der Waals surface area (Å²) in [6, 6.07) is 0. The molecule has 1 aliphatic heterocycles. The van der Waals surface area contributed by atoms with Gasteiger partial charge in [-0.2, -0.15) is 0 Å². The maximum atomic E-state index is 10.4. The molecule has 4 nitrogen and oxygen atoms in total. The monoisotopic (exact) mass is 228 g/mol. The number of hydrogen-bond acceptors (Lipinski definition) is 3. The minimum atomic E-state index is -0.682. The molecule has 1 fully saturated rings. The molecule has 94 valence electrons. The average molecular weight is 228 g/mol. The smallest absolute Gasteiger partial charge is 0.303 e. The van der Waals surface area contributed by atoms with Crippen LogP contribution < -0.4 is 0 Å². The number of aliphatic carboxylic acids is 1. The summed E-state index contributed by atoms with van der Waals surface area (Å²) in [4.78, 5) is 15.2. The Balaban J connectivity index is 2.21. The van der Waals surface area contributed by atoms with Gasteiger partial charge in [0.25, 0.3) is 0 Å². The summed E-state index contributed by atoms with van der Waals surface area (Å²) in [7, 11) is 2.17. The first-order valence-electron chi connectivity index (χ1n) is 6.07. The van der Waals surface area contributed by atoms with Crippen molar-refractivity contribution in [1.29, 1.82) is 0 Å². The number of hydrogen-bond donors (Lipinski definition) is 1. The number of carboxylic acid groups (broad SMARTS) is 1. The molecule has 0 saturated carbocycles. The van der Waals surface area contributed by atoms with Crippen molar-refractivity contribution in [3.63, 3.8) is 0 Å². The first-order chi connectivity index (χ1) is 7.42. The molecule has 0 aromatic carbocycles. The van der Waals surface area contributed by atoms with Crippen molar-refractivity contribution >= 4 is 5.97 Å². The van der Waals surface area contributed by atoms with Gasteiger partial charge in [-0.15, -0.1) is 0 Å². The fourth-order valence-electron chi connectivity index (χ4n) is 2.14. The lowest BCUT2D eigenvalue weighted by atomic mass is 9.99. The maximum Gasteiger partial charge on any atom is 0.303 e. The molecule has 1 heterocycles. The van der Waals surface area contributed by atoms with Gasteiger partial charge in [0.2, 0.25) is 0 Å². The molecule has 0 aromatic rings. The van der Waals surface area contributed by atoms with Crippen LogP contribution in [0, 0.1) is 0 Å². The third kappa shape index (κ3) is 4.10. The molecule has 1 aliphatic rings. The zero-order valence-electron chi connectivity index (χ0n) is 10.7. The van der Waals surface area contributed by atoms with E-state index in [1.54, 1.807) is 0 Å². The van der Waals surface area contributed by atoms with E-state index in [0.717, 1.165) is 39.0 Å². The molecule has 0 bridgehead atoms. The van der Waals surface area contributed by atoms with Crippen molar-refractivity contribution in [2.75, 3.05) is 33.2 Å². The number of carbonyl (C=O) groups is 1. The van der Waals surface area contributed by atoms with Gasteiger partial charge in [-0.3, -0.25) is 9.69 Å². The summed E-state index contributed by atoms with van der Waals surface area (Å²) >= 11 is 0. The lowest BCUT2D eigenvalue weighted by Crippen LogP contribution is -2.57. The van der Waals surface area contributed by atoms with Crippen LogP contribution in [0.1, 0.15) is 33.1 Å². The minimum Gasteiger partial charge on any atom is -0.481 e. The van der Waals surface area contributed by atoms with Crippen molar-refractivity contribution in [2.45, 2.75) is 38.6 Å². The highest BCUT2D eigenvalue weighted by Crippen LogP contribution is 2.18. The molecule has 0 amide bonds. The minimum absolute atomic E-state index is 0.241. The molecular formula is C12H24N2O2. The quantitative estimate of drug-likeness (QED) is 0.720. The first-order valence-corrected chi connectivity index (χ1v) is 6.07. The zero-order valence-corrected chi connectivity index (χ0v) is 10.7. The highest BCUT2D eigenvalue weighted by atomic mass is 16.4. The van der Waals surface area contributed by atoms with Crippen molar-refractivity contribution in [1.82, 2.24) is 9.80 Å². The molecule has 0 atom stereocenters. The lowest BCUT2D eigenvalue weighted by molar-refractivity contribution is -0.137. The van der Waals surface area contributed by atoms with Crippen molar-refractivity contribution in [3.05, 3.63) is 0 Å². The summed E-state index contributed by atoms with van der Waals surface area (Å²) in [5.41, 5.74) is 0.241. The summed E-state index contributed by atoms with van der Waals surface area (Å²) in [5, 5.41) is 8.55. The van der Waals surface area contributed by atoms with E-state index in [0.29, 0.717) is 6.42 Å². The Labute approximate surface area is 98.2 Å². The number of likely N-dealkylation sites (N-methyl/N-ethyl adjacent to an activating group) is 1. The van der Waals surface area contributed by atoms with E-state index in [9.17, 15) is 4.79 Å². The van der Waals surface area contributed by atoms with Gasteiger partial charge in [-0.05, 0) is 40.3 Å². The van der Waals surface area contributed by atoms with Crippen molar-refractivity contribution in [3.8, 4) is 0 Å². The summed E-state index contributed by atoms with van der Waals surface area (Å²) < 4.78 is 0. The van der Waals surface area contributed by atoms with Crippen LogP contribution in [0.3, 0.4) is 0 Å². The summed E-state index contributed by atoms with van der Waals surface area (Å²) in [6.45, 7) is 8.84. The fourth-order valence-corrected chi connectivity index (χ4v) is 2.14. The van der Waals surface area contributed by atoms with E-state index in [-0.39, 0.29) is 5.54 Å². The van der Waals surface area contributed by atoms with Crippen LogP contribution in [-0.4, -0.2) is 59.6 Å². The summed E-state index contributed by atoms with van der Waals surface area (Å²) in [5.74, 6) is -0.682. The highest BCUT2D eigenvalue weighted by molar-refractivity contribution is 5.66. The van der Waals surface area contributed by atoms with Gasteiger partial charge in [0.05, 0.1) is 0 Å². The first kappa shape index (κ1) is 13.5. The second-order valence-electron chi connectivity index (χ2n) is 5.36. The molecule has 4 heteroatoms. The van der Waals surface area contributed by atoms with Crippen LogP contribution >= 0.6 is 0 Å². The standard InChI is InChI=1S/C12H24N2O2/c1-12(2)10-14(9-8-13(12)3)7-5-4-6-11(15)16/h4-10H2,1-3H3,(H,15,16). The number of unbranched alkanes of at least 4 members (excludes halogenated alkanes) is 1. The largest absolute Gasteiger partial charge is 0.481 e. The van der Waals surface area contributed by atoms with Crippen LogP contribution in [0.2, 0.25) is 0 Å². The maximum absolute atomic E-state index is 10.4. The predicted octanol–water partition coefficient (Wildman–Crippen LogP) is 1.27. The SMILES string of the molecule is CN1CCN(CCCCC(=O)O)CC1(C)C. The molecule has 0 spiro atoms. The number of carboxylic acids is 1. The molecule has 1 rings (SSSR count). The number of rotatable bonds is 5. The Kier molecular flexibility index (Phi) is 4.74. The third-order valence-electron chi connectivity index (χ3n) is 3.51. The van der Waals surface area contributed by atoms with E-state index in [1.165, 1.54) is 0 Å². The van der Waals surface area contributed by atoms with Crippen molar-refractivity contribution < 1.29 is 9.90 Å². The fraction of sp³-hybridized carbons (Fsp3) is 0.917. The van der Waals surface area contributed by atoms with E-state index in [1.807, 2.05) is 0 Å². The van der Waals surface area contributed by atoms with Gasteiger partial charge in [0.1, 0.15) is 0 Å². The van der Waals surface area contributed by atoms with Crippen LogP contribution in [-0.2, 0) is 4.79 Å². The van der Waals surface area contributed by atoms with Crippen LogP contribution in [0.4, 0.5) is 0 Å². The average Bonchev–Trinajstić information content (AvgIpc) is 2.17. The predicted molar refractivity (Wildman–Crippen MR) is 64.6 cm³/mol. The molecule has 16 heavy (non-hydrogen) atoms. The molecule has 0 aromatic heterocycles. The van der Waals surface area contributed by atoms with Gasteiger partial charge < -0.3 is 10.0 Å². The Morgan fingerprint density at radius 3 is 2.56 bits per heavy atom. The molecule has 1 N–H and O–H groups in total. The van der Waals surface area contributed by atoms with Crippen molar-refractivity contribution in [2.24, 2.45) is 0 Å². The Hall–Kier alpha value is -0.610. The van der Waals surface area contributed by atoms with E-state index in [4.69, 9.17) is 5.11 Å². The van der Waals surface area contributed by atoms with Gasteiger partial charge >= 0.3 is 5.97 Å². The lowest BCUT2D eigenvalue weighted by Gasteiger charge is -2.45. The van der Waals surface area contributed by atoms with Crippen LogP contribution in [0.15, 0.2) is 0 Å². The third-order valence-corrected chi connectivity index (χ3v) is 3.51. The highest BCUT2D eigenvalue weighted by Gasteiger charge is 2.30. The van der Waals surface area contributed by atoms with E-state index in [2.05, 4.69) is 30.7 Å². The molecule has 1 saturated heterocycles. The second-order valence-corrected chi connectivity index (χ2v) is 5.36. The zero-order chi connectivity index (χ0) is 12.2. The normalized spacial score (nSPS) is 22.2. The topological polar surface area (TPSA) is 43.8 Å². The Bertz CT molecular complexity index is 241. The van der Waals surface area contributed by atoms with Gasteiger partial charge in [-0.1, -0.05) is 0 Å². The van der Waals surface area contributed by atoms with Crippen LogP contribution in [0.5, 0.6) is 0 Å². The van der Waals surface area contributed by atoms with Gasteiger partial charge in [0, 0.05) is 31.6 Å². The number of piperazine rings is 1. The molecular weight excluding hydrogens is 204 g/mol. The second kappa shape index (κ2) is 5.64. The molecule has 0 radical (unpaired) electrons. The van der Waals surface area contributed by atoms with E-state index >= 15 is 0 Å².